The predicted octanol–water partition coefficient (Wildman–Crippen LogP) is 1.76. The quantitative estimate of drug-likeness (QED) is 0.778. The lowest BCUT2D eigenvalue weighted by molar-refractivity contribution is -0.168. The van der Waals surface area contributed by atoms with Gasteiger partial charge in [-0.05, 0) is 43.1 Å². The first-order valence-corrected chi connectivity index (χ1v) is 6.33. The Morgan fingerprint density at radius 1 is 1.43 bits per heavy atom. The second-order valence-corrected chi connectivity index (χ2v) is 5.39. The fourth-order valence-electron chi connectivity index (χ4n) is 1.68. The topological polar surface area (TPSA) is 46.5 Å². The van der Waals surface area contributed by atoms with Gasteiger partial charge in [0.1, 0.15) is 0 Å². The minimum atomic E-state index is -0.853. The smallest absolute Gasteiger partial charge is 0.336 e. The third kappa shape index (κ3) is 2.23. The van der Waals surface area contributed by atoms with Crippen molar-refractivity contribution in [1.82, 2.24) is 0 Å². The van der Waals surface area contributed by atoms with Crippen LogP contribution in [0.2, 0.25) is 0 Å². The second kappa shape index (κ2) is 4.11. The molecule has 1 saturated carbocycles. The Labute approximate surface area is 88.2 Å². The summed E-state index contributed by atoms with van der Waals surface area (Å²) >= 11 is 1.82. The third-order valence-electron chi connectivity index (χ3n) is 2.98. The molecule has 1 saturated heterocycles. The second-order valence-electron chi connectivity index (χ2n) is 4.17. The Kier molecular flexibility index (Phi) is 3.02. The average Bonchev–Trinajstić information content (AvgIpc) is 2.99. The molecule has 2 rings (SSSR count). The van der Waals surface area contributed by atoms with Crippen LogP contribution in [-0.2, 0) is 9.53 Å². The van der Waals surface area contributed by atoms with E-state index < -0.39 is 11.6 Å². The Balaban J connectivity index is 1.92. The number of aliphatic carboxylic acids is 1. The van der Waals surface area contributed by atoms with Gasteiger partial charge in [-0.2, -0.15) is 11.8 Å². The Hall–Kier alpha value is -0.220. The highest BCUT2D eigenvalue weighted by Gasteiger charge is 2.42. The number of hydrogen-bond donors (Lipinski definition) is 1. The molecule has 4 heteroatoms. The van der Waals surface area contributed by atoms with E-state index in [1.165, 1.54) is 12.8 Å². The molecular formula is C10H16O3S. The molecule has 0 amide bonds. The number of carboxylic acid groups (broad SMARTS) is 1. The number of rotatable bonds is 4. The molecule has 0 radical (unpaired) electrons. The van der Waals surface area contributed by atoms with Gasteiger partial charge in [0, 0.05) is 0 Å². The fourth-order valence-corrected chi connectivity index (χ4v) is 2.84. The summed E-state index contributed by atoms with van der Waals surface area (Å²) in [5.74, 6) is 1.70. The van der Waals surface area contributed by atoms with Gasteiger partial charge in [-0.1, -0.05) is 0 Å². The lowest BCUT2D eigenvalue weighted by atomic mass is 9.96. The van der Waals surface area contributed by atoms with Crippen molar-refractivity contribution in [2.45, 2.75) is 31.3 Å². The van der Waals surface area contributed by atoms with Gasteiger partial charge < -0.3 is 9.84 Å². The van der Waals surface area contributed by atoms with Crippen LogP contribution in [0.5, 0.6) is 0 Å². The number of carbonyl (C=O) groups is 1. The molecular weight excluding hydrogens is 200 g/mol. The van der Waals surface area contributed by atoms with E-state index in [2.05, 4.69) is 0 Å². The molecule has 0 unspecified atom stereocenters. The maximum atomic E-state index is 11.2. The van der Waals surface area contributed by atoms with Crippen LogP contribution in [0.3, 0.4) is 0 Å². The van der Waals surface area contributed by atoms with Gasteiger partial charge in [0.15, 0.2) is 5.60 Å². The van der Waals surface area contributed by atoms with Crippen LogP contribution < -0.4 is 0 Å². The van der Waals surface area contributed by atoms with Gasteiger partial charge in [0.05, 0.1) is 6.61 Å². The molecule has 2 fully saturated rings. The van der Waals surface area contributed by atoms with Gasteiger partial charge in [-0.25, -0.2) is 4.79 Å². The molecule has 3 nitrogen and oxygen atoms in total. The number of carboxylic acids is 1. The van der Waals surface area contributed by atoms with Crippen molar-refractivity contribution in [2.24, 2.45) is 5.92 Å². The summed E-state index contributed by atoms with van der Waals surface area (Å²) in [4.78, 5) is 11.2. The Morgan fingerprint density at radius 2 is 2.07 bits per heavy atom. The van der Waals surface area contributed by atoms with Crippen molar-refractivity contribution in [3.8, 4) is 0 Å². The highest BCUT2D eigenvalue weighted by molar-refractivity contribution is 7.99. The first kappa shape index (κ1) is 10.3. The lowest BCUT2D eigenvalue weighted by Crippen LogP contribution is -2.45. The van der Waals surface area contributed by atoms with Gasteiger partial charge in [0.2, 0.25) is 0 Å². The first-order chi connectivity index (χ1) is 6.73. The highest BCUT2D eigenvalue weighted by Crippen LogP contribution is 2.35. The van der Waals surface area contributed by atoms with Crippen molar-refractivity contribution < 1.29 is 14.6 Å². The SMILES string of the molecule is O=C(O)C1(OCC2CC2)CCSCC1. The molecule has 0 atom stereocenters. The van der Waals surface area contributed by atoms with E-state index in [-0.39, 0.29) is 0 Å². The van der Waals surface area contributed by atoms with Gasteiger partial charge in [-0.3, -0.25) is 0 Å². The Morgan fingerprint density at radius 3 is 2.57 bits per heavy atom. The van der Waals surface area contributed by atoms with Crippen LogP contribution in [0.25, 0.3) is 0 Å². The maximum absolute atomic E-state index is 11.2. The molecule has 0 aromatic carbocycles. The molecule has 0 aromatic heterocycles. The summed E-state index contributed by atoms with van der Waals surface area (Å²) < 4.78 is 5.64. The van der Waals surface area contributed by atoms with Crippen molar-refractivity contribution in [2.75, 3.05) is 18.1 Å². The van der Waals surface area contributed by atoms with E-state index in [4.69, 9.17) is 4.74 Å². The predicted molar refractivity (Wildman–Crippen MR) is 55.6 cm³/mol. The van der Waals surface area contributed by atoms with E-state index in [9.17, 15) is 9.90 Å². The summed E-state index contributed by atoms with van der Waals surface area (Å²) in [6, 6.07) is 0. The molecule has 0 spiro atoms. The summed E-state index contributed by atoms with van der Waals surface area (Å²) in [7, 11) is 0. The van der Waals surface area contributed by atoms with E-state index in [1.54, 1.807) is 0 Å². The monoisotopic (exact) mass is 216 g/mol. The summed E-state index contributed by atoms with van der Waals surface area (Å²) in [6.45, 7) is 0.650. The average molecular weight is 216 g/mol. The van der Waals surface area contributed by atoms with Crippen molar-refractivity contribution in [3.63, 3.8) is 0 Å². The normalized spacial score (nSPS) is 26.0. The van der Waals surface area contributed by atoms with E-state index in [0.717, 1.165) is 11.5 Å². The Bertz CT molecular complexity index is 219. The molecule has 80 valence electrons. The van der Waals surface area contributed by atoms with Crippen LogP contribution in [0.4, 0.5) is 0 Å². The van der Waals surface area contributed by atoms with Crippen molar-refractivity contribution in [1.29, 1.82) is 0 Å². The zero-order valence-corrected chi connectivity index (χ0v) is 9.02. The van der Waals surface area contributed by atoms with Crippen molar-refractivity contribution >= 4 is 17.7 Å². The zero-order chi connectivity index (χ0) is 10.0. The van der Waals surface area contributed by atoms with Crippen LogP contribution >= 0.6 is 11.8 Å². The molecule has 1 aliphatic heterocycles. The van der Waals surface area contributed by atoms with Crippen molar-refractivity contribution in [3.05, 3.63) is 0 Å². The number of ether oxygens (including phenoxy) is 1. The van der Waals surface area contributed by atoms with Gasteiger partial charge >= 0.3 is 5.97 Å². The van der Waals surface area contributed by atoms with Crippen LogP contribution in [0.15, 0.2) is 0 Å². The third-order valence-corrected chi connectivity index (χ3v) is 3.97. The molecule has 0 aromatic rings. The van der Waals surface area contributed by atoms with Gasteiger partial charge in [-0.15, -0.1) is 0 Å². The zero-order valence-electron chi connectivity index (χ0n) is 8.20. The van der Waals surface area contributed by atoms with E-state index in [0.29, 0.717) is 25.4 Å². The molecule has 1 aliphatic carbocycles. The molecule has 14 heavy (non-hydrogen) atoms. The van der Waals surface area contributed by atoms with E-state index >= 15 is 0 Å². The molecule has 1 heterocycles. The number of hydrogen-bond acceptors (Lipinski definition) is 3. The van der Waals surface area contributed by atoms with Gasteiger partial charge in [0.25, 0.3) is 0 Å². The molecule has 2 aliphatic rings. The summed E-state index contributed by atoms with van der Waals surface area (Å²) in [5, 5.41) is 9.19. The fraction of sp³-hybridized carbons (Fsp3) is 0.900. The van der Waals surface area contributed by atoms with E-state index in [1.807, 2.05) is 11.8 Å². The van der Waals surface area contributed by atoms with Crippen LogP contribution in [0.1, 0.15) is 25.7 Å². The highest BCUT2D eigenvalue weighted by atomic mass is 32.2. The summed E-state index contributed by atoms with van der Waals surface area (Å²) in [6.07, 6.45) is 3.76. The first-order valence-electron chi connectivity index (χ1n) is 5.18. The minimum absolute atomic E-state index is 0.640. The molecule has 1 N–H and O–H groups in total. The largest absolute Gasteiger partial charge is 0.479 e. The maximum Gasteiger partial charge on any atom is 0.336 e. The van der Waals surface area contributed by atoms with Crippen LogP contribution in [-0.4, -0.2) is 34.8 Å². The number of thioether (sulfide) groups is 1. The standard InChI is InChI=1S/C10H16O3S/c11-9(12)10(3-5-14-6-4-10)13-7-8-1-2-8/h8H,1-7H2,(H,11,12). The minimum Gasteiger partial charge on any atom is -0.479 e. The summed E-state index contributed by atoms with van der Waals surface area (Å²) in [5.41, 5.74) is -0.853. The lowest BCUT2D eigenvalue weighted by Gasteiger charge is -2.32. The molecule has 0 bridgehead atoms. The van der Waals surface area contributed by atoms with Crippen LogP contribution in [0, 0.1) is 5.92 Å².